The molecule has 1 N–H and O–H groups in total. The zero-order valence-electron chi connectivity index (χ0n) is 13.7. The Balaban J connectivity index is 1.68. The second-order valence-corrected chi connectivity index (χ2v) is 6.44. The summed E-state index contributed by atoms with van der Waals surface area (Å²) in [7, 11) is 0. The zero-order valence-corrected chi connectivity index (χ0v) is 14.4. The average Bonchev–Trinajstić information content (AvgIpc) is 2.86. The molecule has 2 aromatic carbocycles. The Morgan fingerprint density at radius 3 is 1.96 bits per heavy atom. The fourth-order valence-corrected chi connectivity index (χ4v) is 3.14. The maximum absolute atomic E-state index is 12.6. The molecule has 1 aliphatic heterocycles. The van der Waals surface area contributed by atoms with Gasteiger partial charge in [0.05, 0.1) is 0 Å². The molecule has 6 heteroatoms. The van der Waals surface area contributed by atoms with Gasteiger partial charge in [0.15, 0.2) is 0 Å². The first kappa shape index (κ1) is 17.3. The van der Waals surface area contributed by atoms with E-state index in [-0.39, 0.29) is 17.6 Å². The fourth-order valence-electron chi connectivity index (χ4n) is 2.95. The molecule has 0 aliphatic carbocycles. The minimum absolute atomic E-state index is 0.0680. The number of phenolic OH excluding ortho intramolecular Hbond substituents is 1. The predicted octanol–water partition coefficient (Wildman–Crippen LogP) is 3.03. The van der Waals surface area contributed by atoms with Gasteiger partial charge >= 0.3 is 0 Å². The van der Waals surface area contributed by atoms with Crippen molar-refractivity contribution in [3.63, 3.8) is 0 Å². The van der Waals surface area contributed by atoms with Crippen LogP contribution in [0.2, 0.25) is 5.02 Å². The fraction of sp³-hybridized carbons (Fsp3) is 0.263. The van der Waals surface area contributed by atoms with E-state index >= 15 is 0 Å². The van der Waals surface area contributed by atoms with E-state index in [9.17, 15) is 14.7 Å². The number of phenols is 1. The van der Waals surface area contributed by atoms with E-state index in [1.807, 2.05) is 0 Å². The molecule has 0 bridgehead atoms. The number of nitrogens with zero attached hydrogens (tertiary/aromatic N) is 2. The summed E-state index contributed by atoms with van der Waals surface area (Å²) in [6.45, 7) is 2.10. The van der Waals surface area contributed by atoms with Crippen LogP contribution in [-0.4, -0.2) is 52.9 Å². The highest BCUT2D eigenvalue weighted by Crippen LogP contribution is 2.17. The van der Waals surface area contributed by atoms with Gasteiger partial charge in [-0.1, -0.05) is 23.7 Å². The van der Waals surface area contributed by atoms with Crippen LogP contribution < -0.4 is 0 Å². The summed E-state index contributed by atoms with van der Waals surface area (Å²) in [4.78, 5) is 28.7. The molecule has 1 heterocycles. The smallest absolute Gasteiger partial charge is 0.254 e. The number of halogens is 1. The van der Waals surface area contributed by atoms with Gasteiger partial charge in [-0.3, -0.25) is 9.59 Å². The van der Waals surface area contributed by atoms with Crippen LogP contribution >= 0.6 is 11.6 Å². The van der Waals surface area contributed by atoms with Crippen LogP contribution in [0.15, 0.2) is 48.5 Å². The van der Waals surface area contributed by atoms with Gasteiger partial charge in [-0.05, 0) is 42.8 Å². The normalized spacial score (nSPS) is 14.9. The molecular weight excluding hydrogens is 340 g/mol. The lowest BCUT2D eigenvalue weighted by Gasteiger charge is -2.22. The number of aromatic hydroxyl groups is 1. The number of hydrogen-bond donors (Lipinski definition) is 1. The van der Waals surface area contributed by atoms with Crippen LogP contribution in [0.5, 0.6) is 5.75 Å². The van der Waals surface area contributed by atoms with Crippen molar-refractivity contribution in [2.24, 2.45) is 0 Å². The van der Waals surface area contributed by atoms with E-state index in [1.165, 1.54) is 12.1 Å². The maximum Gasteiger partial charge on any atom is 0.254 e. The topological polar surface area (TPSA) is 60.9 Å². The Bertz CT molecular complexity index is 728. The summed E-state index contributed by atoms with van der Waals surface area (Å²) in [6.07, 6.45) is 0.705. The molecule has 0 unspecified atom stereocenters. The molecular formula is C19H19ClN2O3. The van der Waals surface area contributed by atoms with Crippen LogP contribution in [0.1, 0.15) is 27.1 Å². The minimum Gasteiger partial charge on any atom is -0.508 e. The number of amides is 2. The largest absolute Gasteiger partial charge is 0.508 e. The third-order valence-corrected chi connectivity index (χ3v) is 4.47. The van der Waals surface area contributed by atoms with E-state index in [2.05, 4.69) is 0 Å². The molecule has 2 amide bonds. The van der Waals surface area contributed by atoms with Crippen molar-refractivity contribution in [3.8, 4) is 5.75 Å². The zero-order chi connectivity index (χ0) is 17.8. The highest BCUT2D eigenvalue weighted by Gasteiger charge is 2.23. The van der Waals surface area contributed by atoms with Crippen LogP contribution in [0.4, 0.5) is 0 Å². The molecule has 5 nitrogen and oxygen atoms in total. The van der Waals surface area contributed by atoms with Gasteiger partial charge in [-0.2, -0.15) is 0 Å². The number of carbonyl (C=O) groups is 2. The molecule has 0 radical (unpaired) electrons. The summed E-state index contributed by atoms with van der Waals surface area (Å²) in [5.41, 5.74) is 1.01. The molecule has 0 saturated carbocycles. The summed E-state index contributed by atoms with van der Waals surface area (Å²) in [5.74, 6) is -0.138. The van der Waals surface area contributed by atoms with Crippen molar-refractivity contribution < 1.29 is 14.7 Å². The molecule has 0 aromatic heterocycles. The van der Waals surface area contributed by atoms with Gasteiger partial charge in [0, 0.05) is 42.3 Å². The summed E-state index contributed by atoms with van der Waals surface area (Å²) < 4.78 is 0. The van der Waals surface area contributed by atoms with Gasteiger partial charge in [0.2, 0.25) is 0 Å². The van der Waals surface area contributed by atoms with E-state index in [0.29, 0.717) is 48.7 Å². The lowest BCUT2D eigenvalue weighted by atomic mass is 10.2. The number of benzene rings is 2. The van der Waals surface area contributed by atoms with E-state index < -0.39 is 0 Å². The van der Waals surface area contributed by atoms with Gasteiger partial charge in [0.1, 0.15) is 5.75 Å². The van der Waals surface area contributed by atoms with Crippen molar-refractivity contribution in [2.45, 2.75) is 6.42 Å². The van der Waals surface area contributed by atoms with Gasteiger partial charge in [-0.15, -0.1) is 0 Å². The first-order chi connectivity index (χ1) is 12.0. The van der Waals surface area contributed by atoms with Crippen molar-refractivity contribution in [1.82, 2.24) is 9.80 Å². The minimum atomic E-state index is -0.132. The Morgan fingerprint density at radius 2 is 1.40 bits per heavy atom. The second kappa shape index (κ2) is 7.57. The standard InChI is InChI=1S/C19H19ClN2O3/c20-16-6-1-4-14(12-16)18(24)21-8-3-9-22(11-10-21)19(25)15-5-2-7-17(23)13-15/h1-2,4-7,12-13,23H,3,8-11H2. The Morgan fingerprint density at radius 1 is 0.840 bits per heavy atom. The van der Waals surface area contributed by atoms with Gasteiger partial charge in [0.25, 0.3) is 11.8 Å². The Hall–Kier alpha value is -2.53. The molecule has 0 spiro atoms. The van der Waals surface area contributed by atoms with Gasteiger partial charge < -0.3 is 14.9 Å². The summed E-state index contributed by atoms with van der Waals surface area (Å²) in [6, 6.07) is 13.2. The molecule has 25 heavy (non-hydrogen) atoms. The molecule has 2 aromatic rings. The SMILES string of the molecule is O=C(c1cccc(O)c1)N1CCCN(C(=O)c2cccc(Cl)c2)CC1. The average molecular weight is 359 g/mol. The van der Waals surface area contributed by atoms with Gasteiger partial charge in [-0.25, -0.2) is 0 Å². The monoisotopic (exact) mass is 358 g/mol. The van der Waals surface area contributed by atoms with Crippen molar-refractivity contribution in [1.29, 1.82) is 0 Å². The van der Waals surface area contributed by atoms with Crippen molar-refractivity contribution in [3.05, 3.63) is 64.7 Å². The van der Waals surface area contributed by atoms with Crippen LogP contribution in [0.25, 0.3) is 0 Å². The summed E-state index contributed by atoms with van der Waals surface area (Å²) in [5, 5.41) is 10.1. The second-order valence-electron chi connectivity index (χ2n) is 6.00. The lowest BCUT2D eigenvalue weighted by Crippen LogP contribution is -2.37. The molecule has 1 aliphatic rings. The molecule has 1 fully saturated rings. The van der Waals surface area contributed by atoms with E-state index in [4.69, 9.17) is 11.6 Å². The highest BCUT2D eigenvalue weighted by molar-refractivity contribution is 6.30. The highest BCUT2D eigenvalue weighted by atomic mass is 35.5. The van der Waals surface area contributed by atoms with Crippen molar-refractivity contribution in [2.75, 3.05) is 26.2 Å². The third-order valence-electron chi connectivity index (χ3n) is 4.23. The molecule has 1 saturated heterocycles. The third kappa shape index (κ3) is 4.12. The molecule has 3 rings (SSSR count). The first-order valence-corrected chi connectivity index (χ1v) is 8.55. The maximum atomic E-state index is 12.6. The van der Waals surface area contributed by atoms with Crippen LogP contribution in [-0.2, 0) is 0 Å². The number of carbonyl (C=O) groups excluding carboxylic acids is 2. The quantitative estimate of drug-likeness (QED) is 0.897. The molecule has 0 atom stereocenters. The Kier molecular flexibility index (Phi) is 5.24. The first-order valence-electron chi connectivity index (χ1n) is 8.18. The van der Waals surface area contributed by atoms with Crippen LogP contribution in [0.3, 0.4) is 0 Å². The lowest BCUT2D eigenvalue weighted by molar-refractivity contribution is 0.0718. The van der Waals surface area contributed by atoms with Crippen LogP contribution in [0, 0.1) is 0 Å². The Labute approximate surface area is 151 Å². The predicted molar refractivity (Wildman–Crippen MR) is 96.0 cm³/mol. The van der Waals surface area contributed by atoms with E-state index in [1.54, 1.807) is 46.2 Å². The van der Waals surface area contributed by atoms with E-state index in [0.717, 1.165) is 0 Å². The number of rotatable bonds is 2. The van der Waals surface area contributed by atoms with Crippen molar-refractivity contribution >= 4 is 23.4 Å². The summed E-state index contributed by atoms with van der Waals surface area (Å²) >= 11 is 5.96. The number of hydrogen-bond acceptors (Lipinski definition) is 3. The molecule has 130 valence electrons.